The second-order valence-corrected chi connectivity index (χ2v) is 4.49. The Morgan fingerprint density at radius 2 is 2.12 bits per heavy atom. The molecule has 5 nitrogen and oxygen atoms in total. The molecule has 1 heterocycles. The molecule has 2 N–H and O–H groups in total. The second kappa shape index (κ2) is 5.30. The van der Waals surface area contributed by atoms with Gasteiger partial charge in [-0.25, -0.2) is 0 Å². The number of hydrogen-bond donors (Lipinski definition) is 2. The fourth-order valence-corrected chi connectivity index (χ4v) is 2.05. The SMILES string of the molecule is CNC(C)c1nnc(NCC2CCCC2)o1. The van der Waals surface area contributed by atoms with E-state index in [1.807, 2.05) is 14.0 Å². The van der Waals surface area contributed by atoms with Crippen molar-refractivity contribution in [3.63, 3.8) is 0 Å². The first kappa shape index (κ1) is 11.4. The number of anilines is 1. The molecule has 16 heavy (non-hydrogen) atoms. The van der Waals surface area contributed by atoms with Gasteiger partial charge in [-0.2, -0.15) is 0 Å². The Bertz CT molecular complexity index is 320. The Kier molecular flexibility index (Phi) is 3.77. The molecule has 2 rings (SSSR count). The van der Waals surface area contributed by atoms with Gasteiger partial charge >= 0.3 is 6.01 Å². The van der Waals surface area contributed by atoms with Crippen LogP contribution in [0.3, 0.4) is 0 Å². The maximum atomic E-state index is 5.50. The van der Waals surface area contributed by atoms with Crippen molar-refractivity contribution in [1.29, 1.82) is 0 Å². The molecule has 1 aromatic rings. The lowest BCUT2D eigenvalue weighted by Gasteiger charge is -2.08. The zero-order chi connectivity index (χ0) is 11.4. The van der Waals surface area contributed by atoms with Gasteiger partial charge in [0.2, 0.25) is 5.89 Å². The van der Waals surface area contributed by atoms with Gasteiger partial charge in [0.05, 0.1) is 6.04 Å². The normalized spacial score (nSPS) is 18.9. The van der Waals surface area contributed by atoms with E-state index in [9.17, 15) is 0 Å². The molecule has 1 saturated carbocycles. The average Bonchev–Trinajstić information content (AvgIpc) is 2.96. The molecular weight excluding hydrogens is 204 g/mol. The van der Waals surface area contributed by atoms with Gasteiger partial charge in [0, 0.05) is 6.54 Å². The molecule has 1 unspecified atom stereocenters. The van der Waals surface area contributed by atoms with Crippen molar-refractivity contribution >= 4 is 6.01 Å². The van der Waals surface area contributed by atoms with Gasteiger partial charge in [0.1, 0.15) is 0 Å². The van der Waals surface area contributed by atoms with Gasteiger partial charge < -0.3 is 15.1 Å². The zero-order valence-electron chi connectivity index (χ0n) is 9.99. The van der Waals surface area contributed by atoms with Crippen LogP contribution in [0.5, 0.6) is 0 Å². The van der Waals surface area contributed by atoms with Crippen molar-refractivity contribution in [2.45, 2.75) is 38.6 Å². The standard InChI is InChI=1S/C11H20N4O/c1-8(12-2)10-14-15-11(16-10)13-7-9-5-3-4-6-9/h8-9,12H,3-7H2,1-2H3,(H,13,15). The first-order valence-corrected chi connectivity index (χ1v) is 6.04. The largest absolute Gasteiger partial charge is 0.406 e. The van der Waals surface area contributed by atoms with E-state index in [4.69, 9.17) is 4.42 Å². The van der Waals surface area contributed by atoms with Gasteiger partial charge in [-0.3, -0.25) is 0 Å². The summed E-state index contributed by atoms with van der Waals surface area (Å²) in [5.41, 5.74) is 0. The first-order chi connectivity index (χ1) is 7.79. The predicted octanol–water partition coefficient (Wildman–Crippen LogP) is 1.95. The third kappa shape index (κ3) is 2.72. The minimum absolute atomic E-state index is 0.106. The molecule has 1 fully saturated rings. The van der Waals surface area contributed by atoms with Gasteiger partial charge in [-0.15, -0.1) is 5.10 Å². The fraction of sp³-hybridized carbons (Fsp3) is 0.818. The van der Waals surface area contributed by atoms with Crippen LogP contribution in [0, 0.1) is 5.92 Å². The summed E-state index contributed by atoms with van der Waals surface area (Å²) in [7, 11) is 1.88. The summed E-state index contributed by atoms with van der Waals surface area (Å²) in [6, 6.07) is 0.651. The summed E-state index contributed by atoms with van der Waals surface area (Å²) < 4.78 is 5.50. The maximum Gasteiger partial charge on any atom is 0.315 e. The van der Waals surface area contributed by atoms with E-state index in [2.05, 4.69) is 20.8 Å². The van der Waals surface area contributed by atoms with Crippen molar-refractivity contribution in [2.75, 3.05) is 18.9 Å². The Labute approximate surface area is 96.0 Å². The molecule has 0 aliphatic heterocycles. The van der Waals surface area contributed by atoms with Gasteiger partial charge in [0.15, 0.2) is 0 Å². The summed E-state index contributed by atoms with van der Waals surface area (Å²) in [4.78, 5) is 0. The number of hydrogen-bond acceptors (Lipinski definition) is 5. The minimum atomic E-state index is 0.106. The maximum absolute atomic E-state index is 5.50. The summed E-state index contributed by atoms with van der Waals surface area (Å²) >= 11 is 0. The van der Waals surface area contributed by atoms with Crippen LogP contribution in [-0.4, -0.2) is 23.8 Å². The molecule has 0 spiro atoms. The third-order valence-electron chi connectivity index (χ3n) is 3.26. The van der Waals surface area contributed by atoms with Crippen LogP contribution in [0.2, 0.25) is 0 Å². The molecular formula is C11H20N4O. The van der Waals surface area contributed by atoms with E-state index in [1.165, 1.54) is 25.7 Å². The molecule has 0 amide bonds. The van der Waals surface area contributed by atoms with E-state index in [-0.39, 0.29) is 6.04 Å². The highest BCUT2D eigenvalue weighted by atomic mass is 16.4. The van der Waals surface area contributed by atoms with Gasteiger partial charge in [-0.05, 0) is 32.7 Å². The van der Waals surface area contributed by atoms with Crippen molar-refractivity contribution < 1.29 is 4.42 Å². The zero-order valence-corrected chi connectivity index (χ0v) is 9.99. The van der Waals surface area contributed by atoms with E-state index in [0.29, 0.717) is 11.9 Å². The van der Waals surface area contributed by atoms with E-state index < -0.39 is 0 Å². The molecule has 0 bridgehead atoms. The highest BCUT2D eigenvalue weighted by Crippen LogP contribution is 2.24. The van der Waals surface area contributed by atoms with Gasteiger partial charge in [0.25, 0.3) is 0 Å². The second-order valence-electron chi connectivity index (χ2n) is 4.49. The van der Waals surface area contributed by atoms with Crippen LogP contribution in [-0.2, 0) is 0 Å². The Morgan fingerprint density at radius 3 is 2.81 bits per heavy atom. The minimum Gasteiger partial charge on any atom is -0.406 e. The molecule has 0 saturated heterocycles. The Morgan fingerprint density at radius 1 is 1.38 bits per heavy atom. The van der Waals surface area contributed by atoms with Crippen LogP contribution in [0.25, 0.3) is 0 Å². The van der Waals surface area contributed by atoms with E-state index >= 15 is 0 Å². The summed E-state index contributed by atoms with van der Waals surface area (Å²) in [6.45, 7) is 2.95. The molecule has 5 heteroatoms. The number of nitrogens with zero attached hydrogens (tertiary/aromatic N) is 2. The highest BCUT2D eigenvalue weighted by Gasteiger charge is 2.16. The number of rotatable bonds is 5. The van der Waals surface area contributed by atoms with Crippen molar-refractivity contribution in [2.24, 2.45) is 5.92 Å². The Hall–Kier alpha value is -1.10. The summed E-state index contributed by atoms with van der Waals surface area (Å²) in [6.07, 6.45) is 5.36. The third-order valence-corrected chi connectivity index (χ3v) is 3.26. The average molecular weight is 224 g/mol. The van der Waals surface area contributed by atoms with Crippen molar-refractivity contribution in [3.05, 3.63) is 5.89 Å². The van der Waals surface area contributed by atoms with Crippen LogP contribution < -0.4 is 10.6 Å². The molecule has 90 valence electrons. The lowest BCUT2D eigenvalue weighted by Crippen LogP contribution is -2.12. The molecule has 1 aliphatic carbocycles. The monoisotopic (exact) mass is 224 g/mol. The fourth-order valence-electron chi connectivity index (χ4n) is 2.05. The lowest BCUT2D eigenvalue weighted by molar-refractivity contribution is 0.438. The van der Waals surface area contributed by atoms with Crippen LogP contribution in [0.15, 0.2) is 4.42 Å². The van der Waals surface area contributed by atoms with E-state index in [1.54, 1.807) is 0 Å². The van der Waals surface area contributed by atoms with Crippen molar-refractivity contribution in [1.82, 2.24) is 15.5 Å². The smallest absolute Gasteiger partial charge is 0.315 e. The predicted molar refractivity (Wildman–Crippen MR) is 62.2 cm³/mol. The number of nitrogens with one attached hydrogen (secondary N) is 2. The quantitative estimate of drug-likeness (QED) is 0.800. The molecule has 0 aromatic carbocycles. The molecule has 0 radical (unpaired) electrons. The number of aromatic nitrogens is 2. The van der Waals surface area contributed by atoms with Crippen LogP contribution in [0.1, 0.15) is 44.5 Å². The summed E-state index contributed by atoms with van der Waals surface area (Å²) in [5, 5.41) is 14.3. The highest BCUT2D eigenvalue weighted by molar-refractivity contribution is 5.17. The Balaban J connectivity index is 1.82. The van der Waals surface area contributed by atoms with E-state index in [0.717, 1.165) is 12.5 Å². The molecule has 1 aliphatic rings. The summed E-state index contributed by atoms with van der Waals surface area (Å²) in [5.74, 6) is 1.41. The van der Waals surface area contributed by atoms with Crippen LogP contribution >= 0.6 is 0 Å². The van der Waals surface area contributed by atoms with Gasteiger partial charge in [-0.1, -0.05) is 17.9 Å². The molecule has 1 atom stereocenters. The lowest BCUT2D eigenvalue weighted by atomic mass is 10.1. The topological polar surface area (TPSA) is 63.0 Å². The molecule has 1 aromatic heterocycles. The van der Waals surface area contributed by atoms with Crippen molar-refractivity contribution in [3.8, 4) is 0 Å². The van der Waals surface area contributed by atoms with Crippen LogP contribution in [0.4, 0.5) is 6.01 Å². The first-order valence-electron chi connectivity index (χ1n) is 6.04.